The summed E-state index contributed by atoms with van der Waals surface area (Å²) in [5, 5.41) is 7.04. The Kier molecular flexibility index (Phi) is 3.14. The third-order valence-electron chi connectivity index (χ3n) is 4.51. The van der Waals surface area contributed by atoms with Crippen LogP contribution in [0.25, 0.3) is 0 Å². The van der Waals surface area contributed by atoms with Crippen molar-refractivity contribution < 1.29 is 4.74 Å². The third-order valence-corrected chi connectivity index (χ3v) is 4.51. The van der Waals surface area contributed by atoms with Gasteiger partial charge in [0.2, 0.25) is 0 Å². The molecular formula is C19H20N2O. The Hall–Kier alpha value is -2.29. The summed E-state index contributed by atoms with van der Waals surface area (Å²) in [4.78, 5) is 0. The second-order valence-electron chi connectivity index (χ2n) is 6.03. The Balaban J connectivity index is 1.72. The lowest BCUT2D eigenvalue weighted by atomic mass is 9.96. The molecule has 0 bridgehead atoms. The third kappa shape index (κ3) is 2.08. The van der Waals surface area contributed by atoms with Gasteiger partial charge in [-0.05, 0) is 18.6 Å². The summed E-state index contributed by atoms with van der Waals surface area (Å²) in [5.41, 5.74) is 4.90. The standard InChI is InChI=1S/C19H20N2O/c1-3-19-21-17(15-6-4-5-7-18(15)22-19)12-16(20-21)14-10-8-13(2)9-11-14/h4-11,17,19H,3,12H2,1-2H3/t17-,19+/m1/s1. The van der Waals surface area contributed by atoms with Crippen molar-refractivity contribution in [2.75, 3.05) is 0 Å². The van der Waals surface area contributed by atoms with E-state index >= 15 is 0 Å². The molecule has 2 aromatic rings. The summed E-state index contributed by atoms with van der Waals surface area (Å²) >= 11 is 0. The molecule has 0 unspecified atom stereocenters. The van der Waals surface area contributed by atoms with Crippen LogP contribution in [-0.2, 0) is 0 Å². The van der Waals surface area contributed by atoms with E-state index in [2.05, 4.69) is 61.3 Å². The molecule has 2 aromatic carbocycles. The molecule has 3 nitrogen and oxygen atoms in total. The van der Waals surface area contributed by atoms with Gasteiger partial charge in [0, 0.05) is 18.4 Å². The van der Waals surface area contributed by atoms with Crippen LogP contribution >= 0.6 is 0 Å². The summed E-state index contributed by atoms with van der Waals surface area (Å²) in [6.07, 6.45) is 1.90. The SMILES string of the molecule is CC[C@@H]1Oc2ccccc2[C@H]2CC(c3ccc(C)cc3)=NN12. The van der Waals surface area contributed by atoms with E-state index in [-0.39, 0.29) is 6.23 Å². The van der Waals surface area contributed by atoms with Crippen LogP contribution in [0.5, 0.6) is 5.75 Å². The molecule has 0 amide bonds. The number of fused-ring (bicyclic) bond motifs is 3. The van der Waals surface area contributed by atoms with Gasteiger partial charge in [0.05, 0.1) is 11.8 Å². The second-order valence-corrected chi connectivity index (χ2v) is 6.03. The van der Waals surface area contributed by atoms with E-state index in [0.29, 0.717) is 6.04 Å². The maximum atomic E-state index is 6.12. The van der Waals surface area contributed by atoms with Gasteiger partial charge in [0.15, 0.2) is 6.23 Å². The Morgan fingerprint density at radius 2 is 1.91 bits per heavy atom. The lowest BCUT2D eigenvalue weighted by Gasteiger charge is -2.37. The Morgan fingerprint density at radius 3 is 2.68 bits per heavy atom. The summed E-state index contributed by atoms with van der Waals surface area (Å²) in [6, 6.07) is 17.3. The molecule has 0 saturated carbocycles. The van der Waals surface area contributed by atoms with Crippen molar-refractivity contribution in [1.29, 1.82) is 0 Å². The van der Waals surface area contributed by atoms with Gasteiger partial charge >= 0.3 is 0 Å². The van der Waals surface area contributed by atoms with Crippen LogP contribution in [0, 0.1) is 6.92 Å². The summed E-state index contributed by atoms with van der Waals surface area (Å²) in [7, 11) is 0. The number of hydrogen-bond donors (Lipinski definition) is 0. The summed E-state index contributed by atoms with van der Waals surface area (Å²) in [5.74, 6) is 1.01. The molecule has 2 aliphatic rings. The van der Waals surface area contributed by atoms with E-state index in [1.54, 1.807) is 0 Å². The number of nitrogens with zero attached hydrogens (tertiary/aromatic N) is 2. The maximum absolute atomic E-state index is 6.12. The molecule has 4 rings (SSSR count). The zero-order valence-electron chi connectivity index (χ0n) is 13.0. The predicted octanol–water partition coefficient (Wildman–Crippen LogP) is 4.27. The number of aryl methyl sites for hydroxylation is 1. The highest BCUT2D eigenvalue weighted by molar-refractivity contribution is 6.01. The van der Waals surface area contributed by atoms with Crippen LogP contribution in [0.4, 0.5) is 0 Å². The Bertz CT molecular complexity index is 720. The predicted molar refractivity (Wildman–Crippen MR) is 88.1 cm³/mol. The maximum Gasteiger partial charge on any atom is 0.187 e. The van der Waals surface area contributed by atoms with Crippen LogP contribution < -0.4 is 4.74 Å². The van der Waals surface area contributed by atoms with Crippen LogP contribution in [-0.4, -0.2) is 16.9 Å². The molecule has 0 spiro atoms. The monoisotopic (exact) mass is 292 g/mol. The fraction of sp³-hybridized carbons (Fsp3) is 0.316. The van der Waals surface area contributed by atoms with Gasteiger partial charge in [-0.25, -0.2) is 0 Å². The van der Waals surface area contributed by atoms with Gasteiger partial charge in [-0.15, -0.1) is 0 Å². The van der Waals surface area contributed by atoms with E-state index in [1.165, 1.54) is 16.7 Å². The minimum atomic E-state index is 0.0304. The lowest BCUT2D eigenvalue weighted by Crippen LogP contribution is -2.39. The number of benzene rings is 2. The van der Waals surface area contributed by atoms with Crippen molar-refractivity contribution in [3.63, 3.8) is 0 Å². The van der Waals surface area contributed by atoms with E-state index in [9.17, 15) is 0 Å². The normalized spacial score (nSPS) is 22.6. The van der Waals surface area contributed by atoms with Crippen LogP contribution in [0.1, 0.15) is 42.5 Å². The van der Waals surface area contributed by atoms with E-state index in [0.717, 1.165) is 24.3 Å². The van der Waals surface area contributed by atoms with Crippen molar-refractivity contribution in [1.82, 2.24) is 5.01 Å². The zero-order chi connectivity index (χ0) is 15.1. The van der Waals surface area contributed by atoms with E-state index in [4.69, 9.17) is 9.84 Å². The van der Waals surface area contributed by atoms with E-state index in [1.807, 2.05) is 6.07 Å². The van der Waals surface area contributed by atoms with Gasteiger partial charge in [-0.3, -0.25) is 5.01 Å². The fourth-order valence-electron chi connectivity index (χ4n) is 3.30. The highest BCUT2D eigenvalue weighted by Crippen LogP contribution is 2.43. The summed E-state index contributed by atoms with van der Waals surface area (Å²) in [6.45, 7) is 4.26. The highest BCUT2D eigenvalue weighted by atomic mass is 16.5. The molecular weight excluding hydrogens is 272 g/mol. The molecule has 0 aliphatic carbocycles. The molecule has 2 heterocycles. The molecule has 2 atom stereocenters. The first-order valence-corrected chi connectivity index (χ1v) is 7.94. The van der Waals surface area contributed by atoms with Crippen molar-refractivity contribution in [3.05, 3.63) is 65.2 Å². The molecule has 3 heteroatoms. The fourth-order valence-corrected chi connectivity index (χ4v) is 3.30. The molecule has 0 radical (unpaired) electrons. The number of ether oxygens (including phenoxy) is 1. The molecule has 0 fully saturated rings. The van der Waals surface area contributed by atoms with Crippen molar-refractivity contribution in [2.24, 2.45) is 5.10 Å². The molecule has 112 valence electrons. The quantitative estimate of drug-likeness (QED) is 0.825. The Labute approximate surface area is 131 Å². The number of rotatable bonds is 2. The van der Waals surface area contributed by atoms with Gasteiger partial charge in [0.25, 0.3) is 0 Å². The average molecular weight is 292 g/mol. The van der Waals surface area contributed by atoms with Crippen molar-refractivity contribution in [2.45, 2.75) is 39.0 Å². The largest absolute Gasteiger partial charge is 0.469 e. The van der Waals surface area contributed by atoms with E-state index < -0.39 is 0 Å². The number of hydrogen-bond acceptors (Lipinski definition) is 3. The molecule has 22 heavy (non-hydrogen) atoms. The van der Waals surface area contributed by atoms with Crippen molar-refractivity contribution >= 4 is 5.71 Å². The average Bonchev–Trinajstić information content (AvgIpc) is 3.00. The first-order valence-electron chi connectivity index (χ1n) is 7.94. The molecule has 0 N–H and O–H groups in total. The van der Waals surface area contributed by atoms with Crippen LogP contribution in [0.2, 0.25) is 0 Å². The molecule has 2 aliphatic heterocycles. The minimum absolute atomic E-state index is 0.0304. The molecule has 0 saturated heterocycles. The first-order chi connectivity index (χ1) is 10.8. The van der Waals surface area contributed by atoms with Gasteiger partial charge in [-0.2, -0.15) is 5.10 Å². The smallest absolute Gasteiger partial charge is 0.187 e. The lowest BCUT2D eigenvalue weighted by molar-refractivity contribution is -0.0188. The Morgan fingerprint density at radius 1 is 1.14 bits per heavy atom. The van der Waals surface area contributed by atoms with Gasteiger partial charge in [0.1, 0.15) is 5.75 Å². The number of para-hydroxylation sites is 1. The van der Waals surface area contributed by atoms with Crippen molar-refractivity contribution in [3.8, 4) is 5.75 Å². The number of hydrazone groups is 1. The van der Waals surface area contributed by atoms with Gasteiger partial charge in [-0.1, -0.05) is 55.0 Å². The topological polar surface area (TPSA) is 24.8 Å². The second kappa shape index (κ2) is 5.16. The van der Waals surface area contributed by atoms with Gasteiger partial charge < -0.3 is 4.74 Å². The molecule has 0 aromatic heterocycles. The highest BCUT2D eigenvalue weighted by Gasteiger charge is 2.39. The summed E-state index contributed by atoms with van der Waals surface area (Å²) < 4.78 is 6.12. The van der Waals surface area contributed by atoms with Crippen LogP contribution in [0.3, 0.4) is 0 Å². The van der Waals surface area contributed by atoms with Crippen LogP contribution in [0.15, 0.2) is 53.6 Å². The first kappa shape index (κ1) is 13.4. The minimum Gasteiger partial charge on any atom is -0.469 e. The zero-order valence-corrected chi connectivity index (χ0v) is 13.0.